The lowest BCUT2D eigenvalue weighted by Crippen LogP contribution is -2.35. The summed E-state index contributed by atoms with van der Waals surface area (Å²) in [5, 5.41) is 2.79. The van der Waals surface area contributed by atoms with Gasteiger partial charge in [0, 0.05) is 27.2 Å². The third-order valence-corrected chi connectivity index (χ3v) is 7.00. The molecule has 0 bridgehead atoms. The third-order valence-electron chi connectivity index (χ3n) is 5.11. The number of nitrogens with one attached hydrogen (secondary N) is 1. The van der Waals surface area contributed by atoms with Crippen LogP contribution in [0.5, 0.6) is 11.5 Å². The van der Waals surface area contributed by atoms with Crippen molar-refractivity contribution in [3.05, 3.63) is 42.5 Å². The number of carbonyl (C=O) groups excluding carboxylic acids is 1. The molecule has 0 aromatic heterocycles. The van der Waals surface area contributed by atoms with Gasteiger partial charge in [-0.05, 0) is 55.3 Å². The lowest BCUT2D eigenvalue weighted by atomic mass is 10.2. The average molecular weight is 448 g/mol. The summed E-state index contributed by atoms with van der Waals surface area (Å²) in [6.45, 7) is 0.840. The lowest BCUT2D eigenvalue weighted by Gasteiger charge is -2.26. The van der Waals surface area contributed by atoms with Crippen LogP contribution in [0.1, 0.15) is 19.3 Å². The van der Waals surface area contributed by atoms with Gasteiger partial charge in [0.2, 0.25) is 10.0 Å². The maximum absolute atomic E-state index is 13.0. The van der Waals surface area contributed by atoms with E-state index in [0.29, 0.717) is 36.0 Å². The number of hydrogen-bond acceptors (Lipinski definition) is 6. The van der Waals surface area contributed by atoms with E-state index in [2.05, 4.69) is 5.32 Å². The Labute approximate surface area is 183 Å². The molecule has 3 rings (SSSR count). The Bertz CT molecular complexity index is 1000. The molecule has 31 heavy (non-hydrogen) atoms. The Kier molecular flexibility index (Phi) is 7.40. The van der Waals surface area contributed by atoms with Gasteiger partial charge in [0.15, 0.2) is 6.61 Å². The maximum atomic E-state index is 13.0. The fourth-order valence-corrected chi connectivity index (χ4v) is 4.97. The molecular weight excluding hydrogens is 418 g/mol. The summed E-state index contributed by atoms with van der Waals surface area (Å²) in [7, 11) is 1.63. The molecule has 0 spiro atoms. The Morgan fingerprint density at radius 1 is 1.03 bits per heavy atom. The van der Waals surface area contributed by atoms with Gasteiger partial charge in [-0.3, -0.25) is 4.79 Å². The number of anilines is 2. The van der Waals surface area contributed by atoms with E-state index in [1.807, 2.05) is 19.0 Å². The van der Waals surface area contributed by atoms with Crippen LogP contribution in [0.3, 0.4) is 0 Å². The molecule has 1 heterocycles. The van der Waals surface area contributed by atoms with E-state index < -0.39 is 10.0 Å². The van der Waals surface area contributed by atoms with Crippen LogP contribution in [0.25, 0.3) is 0 Å². The fraction of sp³-hybridized carbons (Fsp3) is 0.409. The zero-order valence-corrected chi connectivity index (χ0v) is 18.9. The first-order chi connectivity index (χ1) is 14.8. The molecule has 2 aromatic rings. The number of piperidine rings is 1. The molecule has 0 atom stereocenters. The van der Waals surface area contributed by atoms with E-state index in [1.54, 1.807) is 43.5 Å². The molecule has 2 aromatic carbocycles. The van der Waals surface area contributed by atoms with Gasteiger partial charge in [0.05, 0.1) is 23.4 Å². The van der Waals surface area contributed by atoms with Crippen molar-refractivity contribution in [1.82, 2.24) is 4.31 Å². The van der Waals surface area contributed by atoms with Crippen LogP contribution in [-0.4, -0.2) is 59.5 Å². The van der Waals surface area contributed by atoms with E-state index in [9.17, 15) is 13.2 Å². The molecule has 8 nitrogen and oxygen atoms in total. The second-order valence-electron chi connectivity index (χ2n) is 7.55. The number of hydrogen-bond donors (Lipinski definition) is 1. The summed E-state index contributed by atoms with van der Waals surface area (Å²) in [6.07, 6.45) is 2.77. The smallest absolute Gasteiger partial charge is 0.262 e. The van der Waals surface area contributed by atoms with Crippen molar-refractivity contribution >= 4 is 27.3 Å². The molecule has 0 aliphatic carbocycles. The predicted molar refractivity (Wildman–Crippen MR) is 120 cm³/mol. The highest BCUT2D eigenvalue weighted by atomic mass is 32.2. The predicted octanol–water partition coefficient (Wildman–Crippen LogP) is 2.95. The molecule has 1 aliphatic heterocycles. The second kappa shape index (κ2) is 10.0. The van der Waals surface area contributed by atoms with Gasteiger partial charge >= 0.3 is 0 Å². The molecule has 1 N–H and O–H groups in total. The molecular formula is C22H29N3O5S. The van der Waals surface area contributed by atoms with Crippen LogP contribution in [0.4, 0.5) is 11.4 Å². The topological polar surface area (TPSA) is 88.2 Å². The quantitative estimate of drug-likeness (QED) is 0.669. The number of amides is 1. The normalized spacial score (nSPS) is 14.7. The van der Waals surface area contributed by atoms with Crippen molar-refractivity contribution in [2.75, 3.05) is 51.1 Å². The monoisotopic (exact) mass is 447 g/mol. The van der Waals surface area contributed by atoms with Crippen molar-refractivity contribution in [1.29, 1.82) is 0 Å². The van der Waals surface area contributed by atoms with E-state index in [4.69, 9.17) is 9.47 Å². The number of nitrogens with zero attached hydrogens (tertiary/aromatic N) is 2. The summed E-state index contributed by atoms with van der Waals surface area (Å²) < 4.78 is 38.2. The van der Waals surface area contributed by atoms with Crippen molar-refractivity contribution in [2.45, 2.75) is 24.2 Å². The number of carbonyl (C=O) groups is 1. The van der Waals surface area contributed by atoms with Crippen molar-refractivity contribution < 1.29 is 22.7 Å². The van der Waals surface area contributed by atoms with Gasteiger partial charge < -0.3 is 19.7 Å². The molecule has 1 saturated heterocycles. The van der Waals surface area contributed by atoms with Gasteiger partial charge in [-0.25, -0.2) is 8.42 Å². The van der Waals surface area contributed by atoms with Gasteiger partial charge in [-0.2, -0.15) is 4.31 Å². The Morgan fingerprint density at radius 3 is 2.29 bits per heavy atom. The lowest BCUT2D eigenvalue weighted by molar-refractivity contribution is -0.118. The number of benzene rings is 2. The van der Waals surface area contributed by atoms with E-state index in [0.717, 1.165) is 19.3 Å². The Morgan fingerprint density at radius 2 is 1.68 bits per heavy atom. The van der Waals surface area contributed by atoms with E-state index in [1.165, 1.54) is 10.4 Å². The van der Waals surface area contributed by atoms with Crippen LogP contribution in [-0.2, 0) is 14.8 Å². The van der Waals surface area contributed by atoms with Crippen LogP contribution >= 0.6 is 0 Å². The van der Waals surface area contributed by atoms with Crippen molar-refractivity contribution in [3.63, 3.8) is 0 Å². The highest BCUT2D eigenvalue weighted by Crippen LogP contribution is 2.30. The zero-order chi connectivity index (χ0) is 22.4. The summed E-state index contributed by atoms with van der Waals surface area (Å²) in [4.78, 5) is 14.5. The first kappa shape index (κ1) is 22.9. The van der Waals surface area contributed by atoms with Crippen LogP contribution in [0, 0.1) is 0 Å². The van der Waals surface area contributed by atoms with Gasteiger partial charge in [0.25, 0.3) is 5.91 Å². The Balaban J connectivity index is 1.75. The molecule has 168 valence electrons. The van der Waals surface area contributed by atoms with Gasteiger partial charge in [0.1, 0.15) is 11.5 Å². The summed E-state index contributed by atoms with van der Waals surface area (Å²) in [5.74, 6) is 0.843. The van der Waals surface area contributed by atoms with E-state index >= 15 is 0 Å². The molecule has 1 aliphatic rings. The van der Waals surface area contributed by atoms with Gasteiger partial charge in [-0.15, -0.1) is 0 Å². The summed E-state index contributed by atoms with van der Waals surface area (Å²) >= 11 is 0. The van der Waals surface area contributed by atoms with Crippen molar-refractivity contribution in [2.24, 2.45) is 0 Å². The summed E-state index contributed by atoms with van der Waals surface area (Å²) in [6, 6.07) is 11.7. The van der Waals surface area contributed by atoms with Gasteiger partial charge in [-0.1, -0.05) is 6.42 Å². The summed E-state index contributed by atoms with van der Waals surface area (Å²) in [5.41, 5.74) is 1.13. The Hall–Kier alpha value is -2.78. The average Bonchev–Trinajstić information content (AvgIpc) is 2.78. The zero-order valence-electron chi connectivity index (χ0n) is 18.1. The highest BCUT2D eigenvalue weighted by molar-refractivity contribution is 7.89. The largest absolute Gasteiger partial charge is 0.497 e. The maximum Gasteiger partial charge on any atom is 0.262 e. The highest BCUT2D eigenvalue weighted by Gasteiger charge is 2.27. The first-order valence-electron chi connectivity index (χ1n) is 10.2. The van der Waals surface area contributed by atoms with E-state index in [-0.39, 0.29) is 17.4 Å². The van der Waals surface area contributed by atoms with Crippen LogP contribution in [0.15, 0.2) is 47.4 Å². The van der Waals surface area contributed by atoms with Crippen LogP contribution < -0.4 is 19.7 Å². The number of rotatable bonds is 8. The minimum Gasteiger partial charge on any atom is -0.497 e. The molecule has 1 fully saturated rings. The minimum absolute atomic E-state index is 0.173. The molecule has 0 saturated carbocycles. The van der Waals surface area contributed by atoms with Crippen molar-refractivity contribution in [3.8, 4) is 11.5 Å². The molecule has 9 heteroatoms. The standard InChI is InChI=1S/C22H29N3O5S/c1-24(2)21-12-11-19(31(27,28)25-13-5-4-6-14-25)15-20(21)23-22(26)16-30-18-9-7-17(29-3)8-10-18/h7-12,15H,4-6,13-14,16H2,1-3H3,(H,23,26). The van der Waals surface area contributed by atoms with Crippen LogP contribution in [0.2, 0.25) is 0 Å². The second-order valence-corrected chi connectivity index (χ2v) is 9.49. The molecule has 1 amide bonds. The molecule has 0 unspecified atom stereocenters. The third kappa shape index (κ3) is 5.68. The number of methoxy groups -OCH3 is 1. The fourth-order valence-electron chi connectivity index (χ4n) is 3.43. The first-order valence-corrected chi connectivity index (χ1v) is 11.6. The SMILES string of the molecule is COc1ccc(OCC(=O)Nc2cc(S(=O)(=O)N3CCCCC3)ccc2N(C)C)cc1. The minimum atomic E-state index is -3.60. The number of ether oxygens (including phenoxy) is 2. The molecule has 0 radical (unpaired) electrons. The number of sulfonamides is 1.